The van der Waals surface area contributed by atoms with Crippen LogP contribution in [0, 0.1) is 11.8 Å². The zero-order valence-electron chi connectivity index (χ0n) is 23.1. The fourth-order valence-electron chi connectivity index (χ4n) is 6.55. The third kappa shape index (κ3) is 5.34. The largest absolute Gasteiger partial charge is 0.396 e. The van der Waals surface area contributed by atoms with Gasteiger partial charge in [0.2, 0.25) is 17.7 Å². The van der Waals surface area contributed by atoms with Crippen molar-refractivity contribution in [2.45, 2.75) is 66.6 Å². The predicted molar refractivity (Wildman–Crippen MR) is 159 cm³/mol. The van der Waals surface area contributed by atoms with E-state index in [4.69, 9.17) is 0 Å². The van der Waals surface area contributed by atoms with Crippen molar-refractivity contribution in [2.75, 3.05) is 26.2 Å². The number of aliphatic hydroxyl groups excluding tert-OH is 1. The number of fused-ring (bicyclic) bond motifs is 1. The molecule has 0 aromatic heterocycles. The number of benzene rings is 1. The average Bonchev–Trinajstić information content (AvgIpc) is 3.48. The van der Waals surface area contributed by atoms with Crippen LogP contribution in [0.4, 0.5) is 0 Å². The van der Waals surface area contributed by atoms with Crippen molar-refractivity contribution in [3.05, 3.63) is 61.2 Å². The molecule has 3 unspecified atom stereocenters. The van der Waals surface area contributed by atoms with Crippen LogP contribution in [0.2, 0.25) is 0 Å². The second-order valence-electron chi connectivity index (χ2n) is 11.7. The summed E-state index contributed by atoms with van der Waals surface area (Å²) in [5, 5.41) is 9.50. The molecule has 39 heavy (non-hydrogen) atoms. The smallest absolute Gasteiger partial charge is 0.247 e. The summed E-state index contributed by atoms with van der Waals surface area (Å²) in [4.78, 5) is 48.1. The van der Waals surface area contributed by atoms with Gasteiger partial charge in [0.15, 0.2) is 0 Å². The van der Waals surface area contributed by atoms with Gasteiger partial charge in [-0.05, 0) is 39.2 Å². The topological polar surface area (TPSA) is 81.2 Å². The minimum absolute atomic E-state index is 0.00149. The van der Waals surface area contributed by atoms with E-state index in [9.17, 15) is 19.5 Å². The summed E-state index contributed by atoms with van der Waals surface area (Å²) in [5.74, 6) is -1.50. The molecule has 1 spiro atoms. The number of rotatable bonds is 11. The molecule has 1 aromatic carbocycles. The molecule has 1 aromatic rings. The summed E-state index contributed by atoms with van der Waals surface area (Å²) >= 11 is 5.48. The molecular weight excluding hydrogens is 578 g/mol. The monoisotopic (exact) mass is 617 g/mol. The highest BCUT2D eigenvalue weighted by Crippen LogP contribution is 2.68. The van der Waals surface area contributed by atoms with E-state index in [0.29, 0.717) is 32.5 Å². The number of hydrogen-bond donors (Lipinski definition) is 1. The molecule has 7 nitrogen and oxygen atoms in total. The summed E-state index contributed by atoms with van der Waals surface area (Å²) in [7, 11) is 0. The molecule has 9 heteroatoms. The zero-order valence-corrected chi connectivity index (χ0v) is 25.5. The molecule has 0 saturated carbocycles. The number of alkyl halides is 1. The van der Waals surface area contributed by atoms with Crippen LogP contribution < -0.4 is 0 Å². The maximum Gasteiger partial charge on any atom is 0.247 e. The van der Waals surface area contributed by atoms with Gasteiger partial charge >= 0.3 is 0 Å². The molecule has 3 heterocycles. The van der Waals surface area contributed by atoms with Gasteiger partial charge in [0.05, 0.1) is 16.6 Å². The molecule has 212 valence electrons. The first-order valence-electron chi connectivity index (χ1n) is 13.6. The average molecular weight is 619 g/mol. The lowest BCUT2D eigenvalue weighted by molar-refractivity contribution is -0.146. The first kappa shape index (κ1) is 29.9. The number of thioether (sulfide) groups is 1. The van der Waals surface area contributed by atoms with Gasteiger partial charge in [0.25, 0.3) is 0 Å². The summed E-state index contributed by atoms with van der Waals surface area (Å²) in [6, 6.07) is 9.10. The minimum atomic E-state index is -0.722. The first-order valence-corrected chi connectivity index (χ1v) is 15.4. The number of carbonyl (C=O) groups is 3. The van der Waals surface area contributed by atoms with E-state index in [1.807, 2.05) is 51.1 Å². The number of carbonyl (C=O) groups excluding carboxylic acids is 3. The molecule has 3 aliphatic heterocycles. The standard InChI is InChI=1S/C30H40BrN3O4S/c1-6-14-32(19-20-12-9-8-10-13-20)26(36)22-23-27(37)33(16-11-17-35)25(30(23)18-21(31)24(22)39-30)28(38)34(15-7-2)29(3,4)5/h6-10,12-13,21-25,35H,1-2,11,14-19H2,3-5H3/t21?,22-,23-,24-,25?,30?/m0/s1. The van der Waals surface area contributed by atoms with Crippen molar-refractivity contribution in [3.8, 4) is 0 Å². The van der Waals surface area contributed by atoms with Crippen molar-refractivity contribution in [1.82, 2.24) is 14.7 Å². The fraction of sp³-hybridized carbons (Fsp3) is 0.567. The Balaban J connectivity index is 1.75. The Morgan fingerprint density at radius 2 is 1.85 bits per heavy atom. The van der Waals surface area contributed by atoms with Crippen LogP contribution in [0.1, 0.15) is 39.2 Å². The third-order valence-corrected chi connectivity index (χ3v) is 11.4. The summed E-state index contributed by atoms with van der Waals surface area (Å²) in [5.41, 5.74) is 0.529. The zero-order chi connectivity index (χ0) is 28.5. The number of halogens is 1. The van der Waals surface area contributed by atoms with E-state index in [1.54, 1.807) is 38.6 Å². The maximum atomic E-state index is 14.4. The highest BCUT2D eigenvalue weighted by Gasteiger charge is 2.76. The van der Waals surface area contributed by atoms with Gasteiger partial charge in [-0.2, -0.15) is 0 Å². The van der Waals surface area contributed by atoms with Crippen LogP contribution in [0.25, 0.3) is 0 Å². The summed E-state index contributed by atoms with van der Waals surface area (Å²) in [6.07, 6.45) is 4.43. The van der Waals surface area contributed by atoms with Crippen molar-refractivity contribution in [2.24, 2.45) is 11.8 Å². The van der Waals surface area contributed by atoms with Crippen LogP contribution in [0.3, 0.4) is 0 Å². The lowest BCUT2D eigenvalue weighted by Crippen LogP contribution is -2.59. The Labute approximate surface area is 244 Å². The fourth-order valence-corrected chi connectivity index (χ4v) is 10.1. The second kappa shape index (κ2) is 11.8. The van der Waals surface area contributed by atoms with Crippen molar-refractivity contribution in [1.29, 1.82) is 0 Å². The van der Waals surface area contributed by atoms with Crippen LogP contribution >= 0.6 is 27.7 Å². The molecule has 0 radical (unpaired) electrons. The third-order valence-electron chi connectivity index (χ3n) is 8.13. The molecule has 1 N–H and O–H groups in total. The molecule has 0 aliphatic carbocycles. The van der Waals surface area contributed by atoms with Crippen LogP contribution in [0.15, 0.2) is 55.6 Å². The summed E-state index contributed by atoms with van der Waals surface area (Å²) in [6.45, 7) is 15.0. The quantitative estimate of drug-likeness (QED) is 0.301. The highest BCUT2D eigenvalue weighted by atomic mass is 79.9. The summed E-state index contributed by atoms with van der Waals surface area (Å²) < 4.78 is -0.722. The molecule has 2 bridgehead atoms. The minimum Gasteiger partial charge on any atom is -0.396 e. The molecule has 4 rings (SSSR count). The van der Waals surface area contributed by atoms with Crippen molar-refractivity contribution >= 4 is 45.4 Å². The number of amides is 3. The molecular formula is C30H40BrN3O4S. The van der Waals surface area contributed by atoms with Crippen molar-refractivity contribution in [3.63, 3.8) is 0 Å². The van der Waals surface area contributed by atoms with E-state index in [1.165, 1.54) is 0 Å². The van der Waals surface area contributed by atoms with Crippen LogP contribution in [0.5, 0.6) is 0 Å². The van der Waals surface area contributed by atoms with E-state index in [0.717, 1.165) is 5.56 Å². The van der Waals surface area contributed by atoms with Crippen LogP contribution in [-0.2, 0) is 20.9 Å². The van der Waals surface area contributed by atoms with Gasteiger partial charge in [-0.3, -0.25) is 14.4 Å². The Morgan fingerprint density at radius 3 is 2.44 bits per heavy atom. The Bertz CT molecular complexity index is 1110. The van der Waals surface area contributed by atoms with E-state index >= 15 is 0 Å². The lowest BCUT2D eigenvalue weighted by atomic mass is 9.70. The predicted octanol–water partition coefficient (Wildman–Crippen LogP) is 3.86. The van der Waals surface area contributed by atoms with E-state index in [-0.39, 0.29) is 41.0 Å². The van der Waals surface area contributed by atoms with Gasteiger partial charge in [-0.15, -0.1) is 24.9 Å². The molecule has 3 aliphatic rings. The Kier molecular flexibility index (Phi) is 9.03. The van der Waals surface area contributed by atoms with Gasteiger partial charge in [-0.1, -0.05) is 58.4 Å². The first-order chi connectivity index (χ1) is 18.5. The number of nitrogens with zero attached hydrogens (tertiary/aromatic N) is 3. The SMILES string of the molecule is C=CCN(Cc1ccccc1)C(=O)[C@H]1[C@H]2C(=O)N(CCCO)C(C(=O)N(CC=C)C(C)(C)C)C23CC(Br)[C@@H]1S3. The molecule has 6 atom stereocenters. The number of aliphatic hydroxyl groups is 1. The van der Waals surface area contributed by atoms with Gasteiger partial charge in [0.1, 0.15) is 6.04 Å². The number of likely N-dealkylation sites (tertiary alicyclic amines) is 1. The van der Waals surface area contributed by atoms with E-state index in [2.05, 4.69) is 29.1 Å². The van der Waals surface area contributed by atoms with Crippen LogP contribution in [-0.4, -0.2) is 90.2 Å². The molecule has 3 fully saturated rings. The second-order valence-corrected chi connectivity index (χ2v) is 14.4. The molecule has 3 saturated heterocycles. The lowest BCUT2D eigenvalue weighted by Gasteiger charge is -2.42. The molecule has 3 amide bonds. The van der Waals surface area contributed by atoms with Gasteiger partial charge in [-0.25, -0.2) is 0 Å². The Morgan fingerprint density at radius 1 is 1.18 bits per heavy atom. The number of hydrogen-bond acceptors (Lipinski definition) is 5. The Hall–Kier alpha value is -2.10. The maximum absolute atomic E-state index is 14.4. The highest BCUT2D eigenvalue weighted by molar-refractivity contribution is 9.09. The van der Waals surface area contributed by atoms with E-state index < -0.39 is 28.2 Å². The van der Waals surface area contributed by atoms with Gasteiger partial charge in [0, 0.05) is 48.4 Å². The van der Waals surface area contributed by atoms with Gasteiger partial charge < -0.3 is 19.8 Å². The normalized spacial score (nSPS) is 29.3. The van der Waals surface area contributed by atoms with Crippen molar-refractivity contribution < 1.29 is 19.5 Å².